The fraction of sp³-hybridized carbons (Fsp3) is 0.529. The molecule has 26 heavy (non-hydrogen) atoms. The smallest absolute Gasteiger partial charge is 0.413 e. The van der Waals surface area contributed by atoms with E-state index in [0.717, 1.165) is 4.90 Å². The van der Waals surface area contributed by atoms with E-state index in [2.05, 4.69) is 18.2 Å². The van der Waals surface area contributed by atoms with E-state index in [1.807, 2.05) is 0 Å². The molecule has 2 unspecified atom stereocenters. The normalized spacial score (nSPS) is 18.0. The second-order valence-electron chi connectivity index (χ2n) is 5.70. The molecule has 0 aromatic rings. The lowest BCUT2D eigenvalue weighted by molar-refractivity contribution is -0.142. The van der Waals surface area contributed by atoms with E-state index in [4.69, 9.17) is 14.6 Å². The van der Waals surface area contributed by atoms with Gasteiger partial charge in [-0.2, -0.15) is 0 Å². The lowest BCUT2D eigenvalue weighted by Crippen LogP contribution is -2.42. The number of hydrogen-bond donors (Lipinski definition) is 1. The summed E-state index contributed by atoms with van der Waals surface area (Å²) < 4.78 is 10.1. The summed E-state index contributed by atoms with van der Waals surface area (Å²) in [6.45, 7) is 9.13. The lowest BCUT2D eigenvalue weighted by atomic mass is 10.2. The number of carbonyl (C=O) groups is 3. The molecule has 144 valence electrons. The zero-order valence-electron chi connectivity index (χ0n) is 15.1. The zero-order valence-corrected chi connectivity index (χ0v) is 15.1. The highest BCUT2D eigenvalue weighted by molar-refractivity contribution is 5.95. The summed E-state index contributed by atoms with van der Waals surface area (Å²) in [6, 6.07) is -0.908. The number of rotatable bonds is 8. The van der Waals surface area contributed by atoms with Gasteiger partial charge >= 0.3 is 18.2 Å². The Morgan fingerprint density at radius 2 is 2.08 bits per heavy atom. The van der Waals surface area contributed by atoms with Gasteiger partial charge in [-0.15, -0.1) is 0 Å². The van der Waals surface area contributed by atoms with Gasteiger partial charge in [-0.05, 0) is 18.9 Å². The van der Waals surface area contributed by atoms with E-state index < -0.39 is 30.5 Å². The van der Waals surface area contributed by atoms with E-state index >= 15 is 0 Å². The lowest BCUT2D eigenvalue weighted by Gasteiger charge is -2.24. The molecule has 0 bridgehead atoms. The number of allylic oxidation sites excluding steroid dienone is 1. The van der Waals surface area contributed by atoms with Crippen LogP contribution in [0.1, 0.15) is 26.2 Å². The van der Waals surface area contributed by atoms with Gasteiger partial charge in [0.15, 0.2) is 0 Å². The molecule has 9 nitrogen and oxygen atoms in total. The summed E-state index contributed by atoms with van der Waals surface area (Å²) in [5.41, 5.74) is 0.674. The molecule has 0 spiro atoms. The molecule has 1 N–H and O–H groups in total. The molecule has 0 aliphatic carbocycles. The van der Waals surface area contributed by atoms with Crippen LogP contribution in [0.4, 0.5) is 9.59 Å². The van der Waals surface area contributed by atoms with Crippen LogP contribution in [0, 0.1) is 0 Å². The highest BCUT2D eigenvalue weighted by atomic mass is 16.7. The van der Waals surface area contributed by atoms with Crippen LogP contribution in [0.5, 0.6) is 0 Å². The predicted octanol–water partition coefficient (Wildman–Crippen LogP) is 2.25. The van der Waals surface area contributed by atoms with Crippen LogP contribution < -0.4 is 0 Å². The maximum Gasteiger partial charge on any atom is 0.413 e. The molecular weight excluding hydrogens is 342 g/mol. The van der Waals surface area contributed by atoms with E-state index in [1.165, 1.54) is 25.1 Å². The first-order valence-electron chi connectivity index (χ1n) is 8.22. The molecule has 0 aromatic heterocycles. The van der Waals surface area contributed by atoms with Gasteiger partial charge in [-0.25, -0.2) is 14.4 Å². The number of aliphatic carboxylic acids is 1. The molecule has 0 saturated carbocycles. The van der Waals surface area contributed by atoms with Crippen LogP contribution in [0.2, 0.25) is 0 Å². The minimum atomic E-state index is -1.15. The number of carbonyl (C=O) groups excluding carboxylic acids is 2. The molecule has 1 heterocycles. The quantitative estimate of drug-likeness (QED) is 0.520. The standard InChI is InChI=1S/C17H25N3O6/c1-5-13(18-6-2)9-11-19(4)16(23)25-12(3)26-17(24)20-10-7-8-14(20)15(21)22/h5-6,12,14H,1-2,7-11H2,3-4H3,(H,21,22). The predicted molar refractivity (Wildman–Crippen MR) is 94.9 cm³/mol. The first-order valence-corrected chi connectivity index (χ1v) is 8.22. The number of ether oxygens (including phenoxy) is 2. The molecule has 1 aliphatic heterocycles. The molecule has 9 heteroatoms. The van der Waals surface area contributed by atoms with Crippen LogP contribution in [0.15, 0.2) is 30.4 Å². The Morgan fingerprint density at radius 1 is 1.38 bits per heavy atom. The van der Waals surface area contributed by atoms with Crippen molar-refractivity contribution in [3.8, 4) is 0 Å². The first-order chi connectivity index (χ1) is 12.3. The third-order valence-corrected chi connectivity index (χ3v) is 3.81. The highest BCUT2D eigenvalue weighted by Crippen LogP contribution is 2.19. The molecular formula is C17H25N3O6. The van der Waals surface area contributed by atoms with Crippen molar-refractivity contribution in [2.45, 2.75) is 38.5 Å². The van der Waals surface area contributed by atoms with Crippen molar-refractivity contribution < 1.29 is 29.0 Å². The van der Waals surface area contributed by atoms with E-state index in [9.17, 15) is 14.4 Å². The maximum atomic E-state index is 12.0. The third kappa shape index (κ3) is 6.23. The Hall–Kier alpha value is -2.84. The van der Waals surface area contributed by atoms with Gasteiger partial charge in [0.2, 0.25) is 6.29 Å². The fourth-order valence-electron chi connectivity index (χ4n) is 2.42. The summed E-state index contributed by atoms with van der Waals surface area (Å²) in [5, 5.41) is 9.08. The highest BCUT2D eigenvalue weighted by Gasteiger charge is 2.36. The van der Waals surface area contributed by atoms with E-state index in [-0.39, 0.29) is 0 Å². The Labute approximate surface area is 152 Å². The van der Waals surface area contributed by atoms with Crippen molar-refractivity contribution in [1.82, 2.24) is 9.80 Å². The summed E-state index contributed by atoms with van der Waals surface area (Å²) in [7, 11) is 1.53. The number of carboxylic acids is 1. The minimum absolute atomic E-state index is 0.295. The first kappa shape index (κ1) is 21.2. The van der Waals surface area contributed by atoms with Crippen LogP contribution in [0.3, 0.4) is 0 Å². The number of nitrogens with zero attached hydrogens (tertiary/aromatic N) is 3. The summed E-state index contributed by atoms with van der Waals surface area (Å²) >= 11 is 0. The minimum Gasteiger partial charge on any atom is -0.480 e. The second kappa shape index (κ2) is 10.2. The topological polar surface area (TPSA) is 109 Å². The summed E-state index contributed by atoms with van der Waals surface area (Å²) in [5.74, 6) is -1.08. The largest absolute Gasteiger partial charge is 0.480 e. The number of likely N-dealkylation sites (tertiary alicyclic amines) is 1. The second-order valence-corrected chi connectivity index (χ2v) is 5.70. The average Bonchev–Trinajstić information content (AvgIpc) is 3.08. The number of hydrogen-bond acceptors (Lipinski definition) is 6. The van der Waals surface area contributed by atoms with Crippen molar-refractivity contribution in [2.75, 3.05) is 20.1 Å². The van der Waals surface area contributed by atoms with Crippen LogP contribution in [-0.4, -0.2) is 71.2 Å². The van der Waals surface area contributed by atoms with Gasteiger partial charge in [-0.3, -0.25) is 9.89 Å². The number of aliphatic imine (C=N–C) groups is 1. The van der Waals surface area contributed by atoms with Crippen molar-refractivity contribution >= 4 is 23.9 Å². The molecule has 1 rings (SSSR count). The molecule has 1 fully saturated rings. The molecule has 1 saturated heterocycles. The van der Waals surface area contributed by atoms with Gasteiger partial charge in [0.25, 0.3) is 0 Å². The van der Waals surface area contributed by atoms with E-state index in [0.29, 0.717) is 38.1 Å². The van der Waals surface area contributed by atoms with E-state index in [1.54, 1.807) is 6.08 Å². The Kier molecular flexibility index (Phi) is 8.33. The zero-order chi connectivity index (χ0) is 19.7. The van der Waals surface area contributed by atoms with Gasteiger partial charge in [0, 0.05) is 45.4 Å². The Balaban J connectivity index is 2.47. The van der Waals surface area contributed by atoms with Crippen molar-refractivity contribution in [1.29, 1.82) is 0 Å². The molecule has 0 aromatic carbocycles. The Bertz CT molecular complexity index is 589. The van der Waals surface area contributed by atoms with Gasteiger partial charge in [0.05, 0.1) is 0 Å². The van der Waals surface area contributed by atoms with Crippen LogP contribution in [-0.2, 0) is 14.3 Å². The average molecular weight is 367 g/mol. The molecule has 1 aliphatic rings. The van der Waals surface area contributed by atoms with Gasteiger partial charge in [-0.1, -0.05) is 13.2 Å². The van der Waals surface area contributed by atoms with Crippen molar-refractivity contribution in [2.24, 2.45) is 4.99 Å². The van der Waals surface area contributed by atoms with Crippen molar-refractivity contribution in [3.63, 3.8) is 0 Å². The molecule has 2 amide bonds. The summed E-state index contributed by atoms with van der Waals surface area (Å²) in [6.07, 6.45) is 1.74. The van der Waals surface area contributed by atoms with Crippen molar-refractivity contribution in [3.05, 3.63) is 25.4 Å². The fourth-order valence-corrected chi connectivity index (χ4v) is 2.42. The number of amides is 2. The van der Waals surface area contributed by atoms with Gasteiger partial charge < -0.3 is 19.5 Å². The third-order valence-electron chi connectivity index (χ3n) is 3.81. The van der Waals surface area contributed by atoms with Gasteiger partial charge in [0.1, 0.15) is 6.04 Å². The monoisotopic (exact) mass is 367 g/mol. The molecule has 0 radical (unpaired) electrons. The SMILES string of the molecule is C=CN=C(C=C)CCN(C)C(=O)OC(C)OC(=O)N1CCCC1C(=O)O. The van der Waals surface area contributed by atoms with Crippen LogP contribution in [0.25, 0.3) is 0 Å². The molecule has 2 atom stereocenters. The number of carboxylic acid groups (broad SMARTS) is 1. The summed E-state index contributed by atoms with van der Waals surface area (Å²) in [4.78, 5) is 41.6. The Morgan fingerprint density at radius 3 is 2.65 bits per heavy atom. The van der Waals surface area contributed by atoms with Crippen LogP contribution >= 0.6 is 0 Å². The maximum absolute atomic E-state index is 12.0.